The highest BCUT2D eigenvalue weighted by Crippen LogP contribution is 2.22. The Morgan fingerprint density at radius 3 is 2.40 bits per heavy atom. The molecule has 78 valence electrons. The predicted octanol–water partition coefficient (Wildman–Crippen LogP) is 3.19. The first-order valence-corrected chi connectivity index (χ1v) is 5.84. The summed E-state index contributed by atoms with van der Waals surface area (Å²) >= 11 is 2.31. The molecule has 1 atom stereocenters. The summed E-state index contributed by atoms with van der Waals surface area (Å²) in [7, 11) is 1.95. The topological polar surface area (TPSA) is 25.2 Å². The minimum absolute atomic E-state index is 0.209. The zero-order valence-electron chi connectivity index (χ0n) is 8.41. The van der Waals surface area contributed by atoms with E-state index in [1.54, 1.807) is 12.5 Å². The third-order valence-corrected chi connectivity index (χ3v) is 3.09. The fourth-order valence-electron chi connectivity index (χ4n) is 1.62. The van der Waals surface area contributed by atoms with Crippen LogP contribution in [-0.2, 0) is 0 Å². The van der Waals surface area contributed by atoms with E-state index in [2.05, 4.69) is 52.2 Å². The monoisotopic (exact) mass is 313 g/mol. The van der Waals surface area contributed by atoms with Crippen molar-refractivity contribution >= 4 is 22.6 Å². The van der Waals surface area contributed by atoms with Gasteiger partial charge < -0.3 is 9.73 Å². The number of halogens is 1. The Labute approximate surface area is 103 Å². The van der Waals surface area contributed by atoms with Crippen molar-refractivity contribution in [3.05, 3.63) is 57.6 Å². The quantitative estimate of drug-likeness (QED) is 0.881. The number of hydrogen-bond donors (Lipinski definition) is 1. The molecular formula is C12H12INO. The molecule has 1 aromatic heterocycles. The van der Waals surface area contributed by atoms with Gasteiger partial charge in [-0.1, -0.05) is 12.1 Å². The molecule has 0 aliphatic carbocycles. The van der Waals surface area contributed by atoms with Gasteiger partial charge in [-0.05, 0) is 53.4 Å². The van der Waals surface area contributed by atoms with E-state index in [0.29, 0.717) is 0 Å². The van der Waals surface area contributed by atoms with Gasteiger partial charge in [0.25, 0.3) is 0 Å². The molecule has 1 N–H and O–H groups in total. The summed E-state index contributed by atoms with van der Waals surface area (Å²) in [5.41, 5.74) is 2.40. The smallest absolute Gasteiger partial charge is 0.0953 e. The molecule has 1 unspecified atom stereocenters. The van der Waals surface area contributed by atoms with Crippen molar-refractivity contribution in [2.45, 2.75) is 6.04 Å². The first-order chi connectivity index (χ1) is 7.31. The molecule has 0 aliphatic heterocycles. The molecule has 0 spiro atoms. The first kappa shape index (κ1) is 10.7. The van der Waals surface area contributed by atoms with Crippen LogP contribution in [-0.4, -0.2) is 7.05 Å². The maximum absolute atomic E-state index is 5.10. The van der Waals surface area contributed by atoms with Crippen LogP contribution in [0.15, 0.2) is 47.3 Å². The largest absolute Gasteiger partial charge is 0.472 e. The Hall–Kier alpha value is -0.810. The second kappa shape index (κ2) is 4.81. The minimum Gasteiger partial charge on any atom is -0.472 e. The number of benzene rings is 1. The van der Waals surface area contributed by atoms with Crippen LogP contribution in [0.25, 0.3) is 0 Å². The van der Waals surface area contributed by atoms with E-state index in [9.17, 15) is 0 Å². The van der Waals surface area contributed by atoms with Gasteiger partial charge in [-0.15, -0.1) is 0 Å². The van der Waals surface area contributed by atoms with Crippen LogP contribution in [0.3, 0.4) is 0 Å². The third kappa shape index (κ3) is 2.41. The van der Waals surface area contributed by atoms with Crippen molar-refractivity contribution in [3.8, 4) is 0 Å². The molecular weight excluding hydrogens is 301 g/mol. The summed E-state index contributed by atoms with van der Waals surface area (Å²) in [6.07, 6.45) is 3.48. The molecule has 3 heteroatoms. The first-order valence-electron chi connectivity index (χ1n) is 4.76. The highest BCUT2D eigenvalue weighted by Gasteiger charge is 2.12. The molecule has 2 rings (SSSR count). The van der Waals surface area contributed by atoms with Crippen molar-refractivity contribution in [1.29, 1.82) is 0 Å². The van der Waals surface area contributed by atoms with E-state index >= 15 is 0 Å². The maximum atomic E-state index is 5.10. The van der Waals surface area contributed by atoms with Gasteiger partial charge in [-0.2, -0.15) is 0 Å². The summed E-state index contributed by atoms with van der Waals surface area (Å²) in [4.78, 5) is 0. The molecule has 0 saturated carbocycles. The van der Waals surface area contributed by atoms with Crippen molar-refractivity contribution in [2.24, 2.45) is 0 Å². The lowest BCUT2D eigenvalue weighted by Crippen LogP contribution is -2.16. The molecule has 2 nitrogen and oxygen atoms in total. The Kier molecular flexibility index (Phi) is 3.43. The van der Waals surface area contributed by atoms with Crippen molar-refractivity contribution < 1.29 is 4.42 Å². The van der Waals surface area contributed by atoms with Crippen LogP contribution in [0.1, 0.15) is 17.2 Å². The summed E-state index contributed by atoms with van der Waals surface area (Å²) in [5.74, 6) is 0. The molecule has 1 heterocycles. The number of rotatable bonds is 3. The lowest BCUT2D eigenvalue weighted by Gasteiger charge is -2.14. The minimum atomic E-state index is 0.209. The molecule has 0 bridgehead atoms. The van der Waals surface area contributed by atoms with E-state index in [0.717, 1.165) is 5.56 Å². The summed E-state index contributed by atoms with van der Waals surface area (Å²) < 4.78 is 6.35. The standard InChI is InChI=1S/C12H12INO/c1-14-12(10-6-7-15-8-10)9-2-4-11(13)5-3-9/h2-8,12,14H,1H3. The second-order valence-electron chi connectivity index (χ2n) is 3.33. The Morgan fingerprint density at radius 2 is 1.87 bits per heavy atom. The lowest BCUT2D eigenvalue weighted by atomic mass is 10.0. The van der Waals surface area contributed by atoms with E-state index in [4.69, 9.17) is 4.42 Å². The van der Waals surface area contributed by atoms with Crippen molar-refractivity contribution in [3.63, 3.8) is 0 Å². The van der Waals surface area contributed by atoms with Crippen LogP contribution in [0.2, 0.25) is 0 Å². The normalized spacial score (nSPS) is 12.7. The van der Waals surface area contributed by atoms with Crippen LogP contribution in [0.4, 0.5) is 0 Å². The van der Waals surface area contributed by atoms with Crippen LogP contribution in [0.5, 0.6) is 0 Å². The molecule has 2 aromatic rings. The van der Waals surface area contributed by atoms with E-state index in [1.807, 2.05) is 13.1 Å². The summed E-state index contributed by atoms with van der Waals surface area (Å²) in [5, 5.41) is 3.28. The third-order valence-electron chi connectivity index (χ3n) is 2.37. The van der Waals surface area contributed by atoms with Gasteiger partial charge in [0.15, 0.2) is 0 Å². The van der Waals surface area contributed by atoms with Gasteiger partial charge in [0.2, 0.25) is 0 Å². The SMILES string of the molecule is CNC(c1ccc(I)cc1)c1ccoc1. The zero-order chi connectivity index (χ0) is 10.7. The predicted molar refractivity (Wildman–Crippen MR) is 68.8 cm³/mol. The fraction of sp³-hybridized carbons (Fsp3) is 0.167. The number of furan rings is 1. The maximum Gasteiger partial charge on any atom is 0.0953 e. The van der Waals surface area contributed by atoms with Gasteiger partial charge in [0.05, 0.1) is 18.6 Å². The van der Waals surface area contributed by atoms with Gasteiger partial charge in [0, 0.05) is 9.13 Å². The Bertz CT molecular complexity index is 408. The van der Waals surface area contributed by atoms with Gasteiger partial charge in [-0.3, -0.25) is 0 Å². The second-order valence-corrected chi connectivity index (χ2v) is 4.58. The van der Waals surface area contributed by atoms with Crippen LogP contribution >= 0.6 is 22.6 Å². The van der Waals surface area contributed by atoms with Crippen LogP contribution < -0.4 is 5.32 Å². The zero-order valence-corrected chi connectivity index (χ0v) is 10.6. The molecule has 0 amide bonds. The average Bonchev–Trinajstić information content (AvgIpc) is 2.75. The Morgan fingerprint density at radius 1 is 1.13 bits per heavy atom. The average molecular weight is 313 g/mol. The van der Waals surface area contributed by atoms with Crippen LogP contribution in [0, 0.1) is 3.57 Å². The molecule has 0 fully saturated rings. The molecule has 0 saturated heterocycles. The lowest BCUT2D eigenvalue weighted by molar-refractivity contribution is 0.557. The van der Waals surface area contributed by atoms with E-state index in [1.165, 1.54) is 9.13 Å². The molecule has 1 aromatic carbocycles. The Balaban J connectivity index is 2.31. The fourth-order valence-corrected chi connectivity index (χ4v) is 1.98. The summed E-state index contributed by atoms with van der Waals surface area (Å²) in [6.45, 7) is 0. The number of nitrogens with one attached hydrogen (secondary N) is 1. The van der Waals surface area contributed by atoms with Gasteiger partial charge >= 0.3 is 0 Å². The molecule has 0 radical (unpaired) electrons. The van der Waals surface area contributed by atoms with Crippen molar-refractivity contribution in [1.82, 2.24) is 5.32 Å². The van der Waals surface area contributed by atoms with E-state index in [-0.39, 0.29) is 6.04 Å². The van der Waals surface area contributed by atoms with Crippen molar-refractivity contribution in [2.75, 3.05) is 7.05 Å². The van der Waals surface area contributed by atoms with Gasteiger partial charge in [0.1, 0.15) is 0 Å². The van der Waals surface area contributed by atoms with E-state index < -0.39 is 0 Å². The molecule has 0 aliphatic rings. The van der Waals surface area contributed by atoms with Gasteiger partial charge in [-0.25, -0.2) is 0 Å². The summed E-state index contributed by atoms with van der Waals surface area (Å²) in [6, 6.07) is 10.7. The number of hydrogen-bond acceptors (Lipinski definition) is 2. The molecule has 15 heavy (non-hydrogen) atoms. The highest BCUT2D eigenvalue weighted by molar-refractivity contribution is 14.1. The highest BCUT2D eigenvalue weighted by atomic mass is 127.